The Kier molecular flexibility index (Phi) is 4.60. The molecule has 0 saturated carbocycles. The first kappa shape index (κ1) is 15.9. The SMILES string of the molecule is Cc1ccc(OC(C)(C)C(=O)N2C[C@H](C)C[C@@H](C)C2)cc1. The molecule has 2 atom stereocenters. The van der Waals surface area contributed by atoms with Crippen LogP contribution in [-0.4, -0.2) is 29.5 Å². The largest absolute Gasteiger partial charge is 0.478 e. The Balaban J connectivity index is 2.07. The van der Waals surface area contributed by atoms with Crippen molar-refractivity contribution in [2.75, 3.05) is 13.1 Å². The fraction of sp³-hybridized carbons (Fsp3) is 0.611. The van der Waals surface area contributed by atoms with Crippen LogP contribution in [0.5, 0.6) is 5.75 Å². The van der Waals surface area contributed by atoms with Crippen molar-refractivity contribution in [1.82, 2.24) is 4.90 Å². The van der Waals surface area contributed by atoms with E-state index in [2.05, 4.69) is 13.8 Å². The predicted molar refractivity (Wildman–Crippen MR) is 85.4 cm³/mol. The molecule has 21 heavy (non-hydrogen) atoms. The van der Waals surface area contributed by atoms with Gasteiger partial charge in [-0.25, -0.2) is 0 Å². The van der Waals surface area contributed by atoms with Gasteiger partial charge in [0.25, 0.3) is 5.91 Å². The van der Waals surface area contributed by atoms with Crippen LogP contribution in [0.15, 0.2) is 24.3 Å². The van der Waals surface area contributed by atoms with Crippen LogP contribution in [0.1, 0.15) is 39.7 Å². The summed E-state index contributed by atoms with van der Waals surface area (Å²) in [5, 5.41) is 0. The number of rotatable bonds is 3. The summed E-state index contributed by atoms with van der Waals surface area (Å²) in [5.74, 6) is 1.96. The monoisotopic (exact) mass is 289 g/mol. The second kappa shape index (κ2) is 6.08. The second-order valence-corrected chi connectivity index (χ2v) is 7.08. The lowest BCUT2D eigenvalue weighted by molar-refractivity contribution is -0.148. The molecule has 0 unspecified atom stereocenters. The highest BCUT2D eigenvalue weighted by Gasteiger charge is 2.37. The molecule has 1 amide bonds. The van der Waals surface area contributed by atoms with Gasteiger partial charge in [-0.15, -0.1) is 0 Å². The maximum atomic E-state index is 12.8. The Morgan fingerprint density at radius 1 is 1.14 bits per heavy atom. The molecule has 1 aliphatic heterocycles. The minimum atomic E-state index is -0.827. The molecule has 0 N–H and O–H groups in total. The number of hydrogen-bond acceptors (Lipinski definition) is 2. The van der Waals surface area contributed by atoms with E-state index in [9.17, 15) is 4.79 Å². The van der Waals surface area contributed by atoms with Gasteiger partial charge < -0.3 is 9.64 Å². The van der Waals surface area contributed by atoms with Gasteiger partial charge in [-0.2, -0.15) is 0 Å². The molecule has 2 rings (SSSR count). The van der Waals surface area contributed by atoms with Gasteiger partial charge in [0, 0.05) is 13.1 Å². The number of carbonyl (C=O) groups excluding carboxylic acids is 1. The van der Waals surface area contributed by atoms with Crippen LogP contribution in [-0.2, 0) is 4.79 Å². The first-order chi connectivity index (χ1) is 9.78. The molecular weight excluding hydrogens is 262 g/mol. The summed E-state index contributed by atoms with van der Waals surface area (Å²) < 4.78 is 5.95. The molecule has 3 nitrogen and oxygen atoms in total. The summed E-state index contributed by atoms with van der Waals surface area (Å²) in [5.41, 5.74) is 0.358. The van der Waals surface area contributed by atoms with Gasteiger partial charge in [-0.1, -0.05) is 31.5 Å². The number of amides is 1. The van der Waals surface area contributed by atoms with Gasteiger partial charge in [0.2, 0.25) is 0 Å². The normalized spacial score (nSPS) is 23.0. The van der Waals surface area contributed by atoms with Crippen molar-refractivity contribution < 1.29 is 9.53 Å². The number of benzene rings is 1. The van der Waals surface area contributed by atoms with Gasteiger partial charge in [0.15, 0.2) is 5.60 Å². The fourth-order valence-corrected chi connectivity index (χ4v) is 3.15. The minimum Gasteiger partial charge on any atom is -0.478 e. The lowest BCUT2D eigenvalue weighted by Gasteiger charge is -2.39. The Morgan fingerprint density at radius 2 is 1.67 bits per heavy atom. The van der Waals surface area contributed by atoms with E-state index in [1.54, 1.807) is 0 Å². The molecule has 0 aromatic heterocycles. The molecule has 0 spiro atoms. The number of piperidine rings is 1. The van der Waals surface area contributed by atoms with E-state index in [4.69, 9.17) is 4.74 Å². The van der Waals surface area contributed by atoms with Crippen LogP contribution in [0, 0.1) is 18.8 Å². The third-order valence-electron chi connectivity index (χ3n) is 4.07. The molecule has 1 aromatic rings. The van der Waals surface area contributed by atoms with Crippen molar-refractivity contribution in [3.8, 4) is 5.75 Å². The van der Waals surface area contributed by atoms with Gasteiger partial charge in [0.05, 0.1) is 0 Å². The number of aryl methyl sites for hydroxylation is 1. The molecule has 0 bridgehead atoms. The van der Waals surface area contributed by atoms with Gasteiger partial charge >= 0.3 is 0 Å². The molecule has 1 saturated heterocycles. The van der Waals surface area contributed by atoms with E-state index in [-0.39, 0.29) is 5.91 Å². The van der Waals surface area contributed by atoms with Crippen molar-refractivity contribution in [2.24, 2.45) is 11.8 Å². The van der Waals surface area contributed by atoms with E-state index < -0.39 is 5.60 Å². The van der Waals surface area contributed by atoms with E-state index in [1.165, 1.54) is 12.0 Å². The van der Waals surface area contributed by atoms with Gasteiger partial charge in [-0.05, 0) is 51.2 Å². The third kappa shape index (κ3) is 3.99. The van der Waals surface area contributed by atoms with E-state index in [0.29, 0.717) is 11.8 Å². The zero-order valence-corrected chi connectivity index (χ0v) is 13.8. The molecule has 1 fully saturated rings. The number of likely N-dealkylation sites (tertiary alicyclic amines) is 1. The fourth-order valence-electron chi connectivity index (χ4n) is 3.15. The molecule has 0 aliphatic carbocycles. The van der Waals surface area contributed by atoms with Crippen molar-refractivity contribution in [3.05, 3.63) is 29.8 Å². The number of carbonyl (C=O) groups is 1. The van der Waals surface area contributed by atoms with E-state index >= 15 is 0 Å². The van der Waals surface area contributed by atoms with E-state index in [0.717, 1.165) is 18.8 Å². The molecule has 1 heterocycles. The molecule has 3 heteroatoms. The highest BCUT2D eigenvalue weighted by Crippen LogP contribution is 2.26. The second-order valence-electron chi connectivity index (χ2n) is 7.08. The summed E-state index contributed by atoms with van der Waals surface area (Å²) >= 11 is 0. The maximum absolute atomic E-state index is 12.8. The van der Waals surface area contributed by atoms with E-state index in [1.807, 2.05) is 49.9 Å². The molecule has 1 aliphatic rings. The number of hydrogen-bond donors (Lipinski definition) is 0. The van der Waals surface area contributed by atoms with Crippen LogP contribution in [0.2, 0.25) is 0 Å². The molecule has 0 radical (unpaired) electrons. The highest BCUT2D eigenvalue weighted by molar-refractivity contribution is 5.85. The van der Waals surface area contributed by atoms with Crippen LogP contribution >= 0.6 is 0 Å². The Bertz CT molecular complexity index is 482. The standard InChI is InChI=1S/C18H27NO2/c1-13-6-8-16(9-7-13)21-18(4,5)17(20)19-11-14(2)10-15(3)12-19/h6-9,14-15H,10-12H2,1-5H3/t14-,15-/m1/s1. The number of nitrogens with zero attached hydrogens (tertiary/aromatic N) is 1. The topological polar surface area (TPSA) is 29.5 Å². The molecular formula is C18H27NO2. The zero-order chi connectivity index (χ0) is 15.6. The van der Waals surface area contributed by atoms with Crippen LogP contribution in [0.25, 0.3) is 0 Å². The summed E-state index contributed by atoms with van der Waals surface area (Å²) in [6.07, 6.45) is 1.20. The molecule has 1 aromatic carbocycles. The molecule has 116 valence electrons. The first-order valence-corrected chi connectivity index (χ1v) is 7.83. The third-order valence-corrected chi connectivity index (χ3v) is 4.07. The van der Waals surface area contributed by atoms with Crippen LogP contribution in [0.4, 0.5) is 0 Å². The highest BCUT2D eigenvalue weighted by atomic mass is 16.5. The summed E-state index contributed by atoms with van der Waals surface area (Å²) in [7, 11) is 0. The summed E-state index contributed by atoms with van der Waals surface area (Å²) in [6.45, 7) is 11.9. The smallest absolute Gasteiger partial charge is 0.266 e. The van der Waals surface area contributed by atoms with Gasteiger partial charge in [0.1, 0.15) is 5.75 Å². The van der Waals surface area contributed by atoms with Crippen LogP contribution < -0.4 is 4.74 Å². The van der Waals surface area contributed by atoms with Gasteiger partial charge in [-0.3, -0.25) is 4.79 Å². The average Bonchev–Trinajstić information content (AvgIpc) is 2.39. The average molecular weight is 289 g/mol. The summed E-state index contributed by atoms with van der Waals surface area (Å²) in [4.78, 5) is 14.7. The first-order valence-electron chi connectivity index (χ1n) is 7.83. The minimum absolute atomic E-state index is 0.0847. The van der Waals surface area contributed by atoms with Crippen molar-refractivity contribution in [2.45, 2.75) is 46.6 Å². The van der Waals surface area contributed by atoms with Crippen molar-refractivity contribution in [1.29, 1.82) is 0 Å². The maximum Gasteiger partial charge on any atom is 0.266 e. The Hall–Kier alpha value is -1.51. The van der Waals surface area contributed by atoms with Crippen LogP contribution in [0.3, 0.4) is 0 Å². The van der Waals surface area contributed by atoms with Crippen molar-refractivity contribution >= 4 is 5.91 Å². The van der Waals surface area contributed by atoms with Crippen molar-refractivity contribution in [3.63, 3.8) is 0 Å². The Labute approximate surface area is 128 Å². The Morgan fingerprint density at radius 3 is 2.19 bits per heavy atom. The lowest BCUT2D eigenvalue weighted by atomic mass is 9.91. The quantitative estimate of drug-likeness (QED) is 0.850. The predicted octanol–water partition coefficient (Wildman–Crippen LogP) is 3.66. The summed E-state index contributed by atoms with van der Waals surface area (Å²) in [6, 6.07) is 7.85. The zero-order valence-electron chi connectivity index (χ0n) is 13.8. The number of ether oxygens (including phenoxy) is 1. The lowest BCUT2D eigenvalue weighted by Crippen LogP contribution is -2.53.